The fourth-order valence-electron chi connectivity index (χ4n) is 3.64. The molecule has 5 heteroatoms. The van der Waals surface area contributed by atoms with Crippen LogP contribution < -0.4 is 5.56 Å². The lowest BCUT2D eigenvalue weighted by Gasteiger charge is -2.21. The quantitative estimate of drug-likeness (QED) is 0.738. The molecule has 0 atom stereocenters. The summed E-state index contributed by atoms with van der Waals surface area (Å²) in [4.78, 5) is 17.6. The van der Waals surface area contributed by atoms with E-state index in [2.05, 4.69) is 24.0 Å². The van der Waals surface area contributed by atoms with Gasteiger partial charge in [-0.3, -0.25) is 9.20 Å². The highest BCUT2D eigenvalue weighted by Gasteiger charge is 2.22. The molecule has 0 bridgehead atoms. The van der Waals surface area contributed by atoms with E-state index in [9.17, 15) is 4.79 Å². The minimum absolute atomic E-state index is 0.0223. The van der Waals surface area contributed by atoms with Crippen LogP contribution in [0.2, 0.25) is 0 Å². The Balaban J connectivity index is 1.78. The summed E-state index contributed by atoms with van der Waals surface area (Å²) in [6.07, 6.45) is 5.70. The monoisotopic (exact) mass is 337 g/mol. The minimum atomic E-state index is 0.0223. The van der Waals surface area contributed by atoms with E-state index in [0.717, 1.165) is 37.6 Å². The Morgan fingerprint density at radius 1 is 1.20 bits per heavy atom. The largest absolute Gasteiger partial charge is 0.381 e. The summed E-state index contributed by atoms with van der Waals surface area (Å²) in [6, 6.07) is 8.20. The smallest absolute Gasteiger partial charge is 0.276 e. The Morgan fingerprint density at radius 3 is 2.72 bits per heavy atom. The van der Waals surface area contributed by atoms with E-state index in [1.54, 1.807) is 6.20 Å². The number of aryl methyl sites for hydroxylation is 2. The highest BCUT2D eigenvalue weighted by molar-refractivity contribution is 5.45. The van der Waals surface area contributed by atoms with Gasteiger partial charge in [-0.2, -0.15) is 0 Å². The van der Waals surface area contributed by atoms with Crippen molar-refractivity contribution in [2.45, 2.75) is 39.2 Å². The topological polar surface area (TPSA) is 48.5 Å². The number of nitrogens with zero attached hydrogens (tertiary/aromatic N) is 3. The van der Waals surface area contributed by atoms with Gasteiger partial charge in [-0.1, -0.05) is 24.3 Å². The van der Waals surface area contributed by atoms with Gasteiger partial charge in [-0.05, 0) is 37.8 Å². The van der Waals surface area contributed by atoms with Crippen LogP contribution in [-0.2, 0) is 11.3 Å². The Bertz CT molecular complexity index is 965. The maximum absolute atomic E-state index is 13.0. The molecule has 5 nitrogen and oxygen atoms in total. The summed E-state index contributed by atoms with van der Waals surface area (Å²) in [5, 5.41) is 0. The molecule has 0 radical (unpaired) electrons. The van der Waals surface area contributed by atoms with Crippen molar-refractivity contribution in [3.63, 3.8) is 0 Å². The van der Waals surface area contributed by atoms with Crippen molar-refractivity contribution >= 4 is 5.52 Å². The lowest BCUT2D eigenvalue weighted by Crippen LogP contribution is -2.25. The number of fused-ring (bicyclic) bond motifs is 1. The molecular formula is C20H23N3O2. The molecule has 3 aromatic rings. The first-order valence-corrected chi connectivity index (χ1v) is 8.85. The molecule has 0 unspecified atom stereocenters. The molecule has 0 aliphatic carbocycles. The number of benzene rings is 1. The molecule has 4 rings (SSSR count). The molecule has 2 aromatic heterocycles. The van der Waals surface area contributed by atoms with E-state index in [-0.39, 0.29) is 5.56 Å². The van der Waals surface area contributed by atoms with E-state index >= 15 is 0 Å². The molecule has 1 aliphatic rings. The second kappa shape index (κ2) is 6.48. The molecule has 0 saturated carbocycles. The zero-order chi connectivity index (χ0) is 17.4. The molecule has 0 N–H and O–H groups in total. The molecule has 0 amide bonds. The standard InChI is InChI=1S/C20H23N3O2/c1-14-5-3-4-6-17(14)13-22-15(2)12-23-18(20(22)24)11-21-19(23)16-7-9-25-10-8-16/h3-6,11-12,16H,7-10,13H2,1-2H3. The number of hydrogen-bond acceptors (Lipinski definition) is 3. The highest BCUT2D eigenvalue weighted by atomic mass is 16.5. The Labute approximate surface area is 146 Å². The molecule has 1 aromatic carbocycles. The van der Waals surface area contributed by atoms with Crippen LogP contribution in [0.5, 0.6) is 0 Å². The lowest BCUT2D eigenvalue weighted by molar-refractivity contribution is 0.0835. The van der Waals surface area contributed by atoms with Crippen LogP contribution in [0.25, 0.3) is 5.52 Å². The zero-order valence-corrected chi connectivity index (χ0v) is 14.7. The van der Waals surface area contributed by atoms with Gasteiger partial charge in [0.25, 0.3) is 5.56 Å². The van der Waals surface area contributed by atoms with Gasteiger partial charge in [-0.15, -0.1) is 0 Å². The van der Waals surface area contributed by atoms with Gasteiger partial charge in [0, 0.05) is 31.0 Å². The molecule has 1 saturated heterocycles. The average Bonchev–Trinajstić information content (AvgIpc) is 3.04. The van der Waals surface area contributed by atoms with Gasteiger partial charge in [0.15, 0.2) is 0 Å². The first kappa shape index (κ1) is 16.1. The van der Waals surface area contributed by atoms with Crippen molar-refractivity contribution in [2.75, 3.05) is 13.2 Å². The third kappa shape index (κ3) is 2.89. The maximum atomic E-state index is 13.0. The van der Waals surface area contributed by atoms with E-state index in [1.807, 2.05) is 34.2 Å². The van der Waals surface area contributed by atoms with Gasteiger partial charge in [0.05, 0.1) is 12.7 Å². The van der Waals surface area contributed by atoms with Gasteiger partial charge in [0.1, 0.15) is 11.3 Å². The number of aromatic nitrogens is 3. The fourth-order valence-corrected chi connectivity index (χ4v) is 3.64. The molecule has 3 heterocycles. The van der Waals surface area contributed by atoms with Crippen LogP contribution in [0.15, 0.2) is 41.5 Å². The van der Waals surface area contributed by atoms with Crippen molar-refractivity contribution in [2.24, 2.45) is 0 Å². The number of imidazole rings is 1. The summed E-state index contributed by atoms with van der Waals surface area (Å²) in [5.41, 5.74) is 3.99. The van der Waals surface area contributed by atoms with Crippen LogP contribution >= 0.6 is 0 Å². The van der Waals surface area contributed by atoms with Crippen molar-refractivity contribution in [1.29, 1.82) is 0 Å². The van der Waals surface area contributed by atoms with Crippen LogP contribution in [0, 0.1) is 13.8 Å². The van der Waals surface area contributed by atoms with Crippen molar-refractivity contribution in [3.05, 3.63) is 69.7 Å². The second-order valence-electron chi connectivity index (χ2n) is 6.85. The summed E-state index contributed by atoms with van der Waals surface area (Å²) < 4.78 is 9.28. The summed E-state index contributed by atoms with van der Waals surface area (Å²) in [7, 11) is 0. The number of hydrogen-bond donors (Lipinski definition) is 0. The molecule has 25 heavy (non-hydrogen) atoms. The lowest BCUT2D eigenvalue weighted by atomic mass is 10.00. The predicted octanol–water partition coefficient (Wildman–Crippen LogP) is 3.06. The molecular weight excluding hydrogens is 314 g/mol. The van der Waals surface area contributed by atoms with E-state index in [1.165, 1.54) is 11.1 Å². The SMILES string of the molecule is Cc1ccccc1Cn1c(C)cn2c(C3CCOCC3)ncc2c1=O. The Hall–Kier alpha value is -2.40. The number of rotatable bonds is 3. The van der Waals surface area contributed by atoms with Gasteiger partial charge < -0.3 is 9.30 Å². The molecule has 0 spiro atoms. The highest BCUT2D eigenvalue weighted by Crippen LogP contribution is 2.26. The summed E-state index contributed by atoms with van der Waals surface area (Å²) >= 11 is 0. The minimum Gasteiger partial charge on any atom is -0.381 e. The molecule has 1 fully saturated rings. The fraction of sp³-hybridized carbons (Fsp3) is 0.400. The number of ether oxygens (including phenoxy) is 1. The van der Waals surface area contributed by atoms with E-state index in [0.29, 0.717) is 18.0 Å². The van der Waals surface area contributed by atoms with Crippen LogP contribution in [0.1, 0.15) is 41.4 Å². The van der Waals surface area contributed by atoms with Crippen LogP contribution in [0.3, 0.4) is 0 Å². The normalized spacial score (nSPS) is 15.8. The third-order valence-corrected chi connectivity index (χ3v) is 5.21. The van der Waals surface area contributed by atoms with Crippen LogP contribution in [0.4, 0.5) is 0 Å². The molecule has 1 aliphatic heterocycles. The Morgan fingerprint density at radius 2 is 1.96 bits per heavy atom. The molecule has 130 valence electrons. The Kier molecular flexibility index (Phi) is 4.17. The average molecular weight is 337 g/mol. The van der Waals surface area contributed by atoms with Gasteiger partial charge >= 0.3 is 0 Å². The van der Waals surface area contributed by atoms with Crippen molar-refractivity contribution in [3.8, 4) is 0 Å². The third-order valence-electron chi connectivity index (χ3n) is 5.21. The second-order valence-corrected chi connectivity index (χ2v) is 6.85. The van der Waals surface area contributed by atoms with Crippen LogP contribution in [-0.4, -0.2) is 27.2 Å². The maximum Gasteiger partial charge on any atom is 0.276 e. The summed E-state index contributed by atoms with van der Waals surface area (Å²) in [6.45, 7) is 6.20. The van der Waals surface area contributed by atoms with Crippen molar-refractivity contribution in [1.82, 2.24) is 14.0 Å². The predicted molar refractivity (Wildman–Crippen MR) is 97.3 cm³/mol. The van der Waals surface area contributed by atoms with E-state index in [4.69, 9.17) is 4.74 Å². The first-order valence-electron chi connectivity index (χ1n) is 8.85. The van der Waals surface area contributed by atoms with Gasteiger partial charge in [0.2, 0.25) is 0 Å². The van der Waals surface area contributed by atoms with Crippen molar-refractivity contribution < 1.29 is 4.74 Å². The summed E-state index contributed by atoms with van der Waals surface area (Å²) in [5.74, 6) is 1.35. The van der Waals surface area contributed by atoms with Gasteiger partial charge in [-0.25, -0.2) is 4.98 Å². The van der Waals surface area contributed by atoms with E-state index < -0.39 is 0 Å². The zero-order valence-electron chi connectivity index (χ0n) is 14.7. The first-order chi connectivity index (χ1) is 12.1.